The zero-order valence-electron chi connectivity index (χ0n) is 10.0. The second-order valence-electron chi connectivity index (χ2n) is 4.86. The maximum Gasteiger partial charge on any atom is 0.0363 e. The average molecular weight is 203 g/mol. The molecule has 2 atom stereocenters. The second-order valence-corrected chi connectivity index (χ2v) is 4.86. The van der Waals surface area contributed by atoms with E-state index in [2.05, 4.69) is 50.1 Å². The molecule has 1 nitrogen and oxygen atoms in total. The number of anilines is 1. The first kappa shape index (κ1) is 10.5. The highest BCUT2D eigenvalue weighted by Crippen LogP contribution is 2.40. The topological polar surface area (TPSA) is 3.24 Å². The molecule has 2 rings (SSSR count). The molecule has 0 saturated heterocycles. The van der Waals surface area contributed by atoms with E-state index in [1.807, 2.05) is 0 Å². The summed E-state index contributed by atoms with van der Waals surface area (Å²) >= 11 is 0. The molecule has 2 unspecified atom stereocenters. The molecular weight excluding hydrogens is 182 g/mol. The average Bonchev–Trinajstić information content (AvgIpc) is 2.94. The summed E-state index contributed by atoms with van der Waals surface area (Å²) in [7, 11) is 2.14. The summed E-state index contributed by atoms with van der Waals surface area (Å²) in [6, 6.07) is 9.05. The van der Waals surface area contributed by atoms with Crippen molar-refractivity contribution in [2.45, 2.75) is 26.7 Å². The fourth-order valence-electron chi connectivity index (χ4n) is 2.06. The minimum Gasteiger partial charge on any atom is -0.375 e. The van der Waals surface area contributed by atoms with E-state index in [9.17, 15) is 0 Å². The fourth-order valence-corrected chi connectivity index (χ4v) is 2.06. The molecule has 1 aliphatic rings. The number of hydrogen-bond donors (Lipinski definition) is 0. The van der Waals surface area contributed by atoms with Crippen LogP contribution in [-0.4, -0.2) is 13.6 Å². The SMILES string of the molecule is CCN(C)c1ccc(CC2CC2C)cc1. The van der Waals surface area contributed by atoms with Crippen LogP contribution in [0.3, 0.4) is 0 Å². The van der Waals surface area contributed by atoms with E-state index in [0.29, 0.717) is 0 Å². The van der Waals surface area contributed by atoms with Crippen LogP contribution in [0, 0.1) is 11.8 Å². The molecule has 0 N–H and O–H groups in total. The van der Waals surface area contributed by atoms with Gasteiger partial charge in [-0.25, -0.2) is 0 Å². The van der Waals surface area contributed by atoms with Gasteiger partial charge in [-0.15, -0.1) is 0 Å². The molecule has 82 valence electrons. The Bertz CT molecular complexity index is 315. The third-order valence-corrected chi connectivity index (χ3v) is 3.63. The van der Waals surface area contributed by atoms with Crippen LogP contribution in [0.5, 0.6) is 0 Å². The highest BCUT2D eigenvalue weighted by Gasteiger charge is 2.31. The Morgan fingerprint density at radius 1 is 1.27 bits per heavy atom. The predicted molar refractivity (Wildman–Crippen MR) is 66.4 cm³/mol. The largest absolute Gasteiger partial charge is 0.375 e. The maximum atomic E-state index is 2.35. The highest BCUT2D eigenvalue weighted by atomic mass is 15.1. The van der Waals surface area contributed by atoms with Crippen LogP contribution in [0.15, 0.2) is 24.3 Å². The van der Waals surface area contributed by atoms with Gasteiger partial charge in [-0.3, -0.25) is 0 Å². The normalized spacial score (nSPS) is 23.9. The Kier molecular flexibility index (Phi) is 2.99. The lowest BCUT2D eigenvalue weighted by atomic mass is 10.1. The van der Waals surface area contributed by atoms with Gasteiger partial charge in [0.25, 0.3) is 0 Å². The van der Waals surface area contributed by atoms with E-state index >= 15 is 0 Å². The smallest absolute Gasteiger partial charge is 0.0363 e. The molecule has 1 aromatic carbocycles. The molecule has 0 aromatic heterocycles. The molecule has 1 fully saturated rings. The van der Waals surface area contributed by atoms with Gasteiger partial charge in [-0.2, -0.15) is 0 Å². The lowest BCUT2D eigenvalue weighted by Crippen LogP contribution is -2.15. The third kappa shape index (κ3) is 2.53. The molecule has 1 saturated carbocycles. The monoisotopic (exact) mass is 203 g/mol. The van der Waals surface area contributed by atoms with Crippen LogP contribution in [0.2, 0.25) is 0 Å². The summed E-state index contributed by atoms with van der Waals surface area (Å²) in [6.45, 7) is 5.60. The lowest BCUT2D eigenvalue weighted by molar-refractivity contribution is 0.747. The molecule has 0 aliphatic heterocycles. The van der Waals surface area contributed by atoms with Crippen molar-refractivity contribution in [2.75, 3.05) is 18.5 Å². The standard InChI is InChI=1S/C14H21N/c1-4-15(3)14-7-5-12(6-8-14)10-13-9-11(13)2/h5-8,11,13H,4,9-10H2,1-3H3. The highest BCUT2D eigenvalue weighted by molar-refractivity contribution is 5.46. The minimum absolute atomic E-state index is 0.958. The Morgan fingerprint density at radius 2 is 1.87 bits per heavy atom. The molecule has 1 aliphatic carbocycles. The zero-order valence-corrected chi connectivity index (χ0v) is 10.0. The third-order valence-electron chi connectivity index (χ3n) is 3.63. The van der Waals surface area contributed by atoms with E-state index in [-0.39, 0.29) is 0 Å². The fraction of sp³-hybridized carbons (Fsp3) is 0.571. The molecule has 0 radical (unpaired) electrons. The minimum atomic E-state index is 0.958. The van der Waals surface area contributed by atoms with Gasteiger partial charge in [-0.1, -0.05) is 19.1 Å². The van der Waals surface area contributed by atoms with Gasteiger partial charge in [0, 0.05) is 19.3 Å². The molecule has 0 spiro atoms. The van der Waals surface area contributed by atoms with Crippen LogP contribution < -0.4 is 4.90 Å². The van der Waals surface area contributed by atoms with Gasteiger partial charge in [0.05, 0.1) is 0 Å². The van der Waals surface area contributed by atoms with Crippen LogP contribution in [0.1, 0.15) is 25.8 Å². The number of hydrogen-bond acceptors (Lipinski definition) is 1. The van der Waals surface area contributed by atoms with Crippen molar-refractivity contribution in [3.05, 3.63) is 29.8 Å². The van der Waals surface area contributed by atoms with Crippen LogP contribution >= 0.6 is 0 Å². The van der Waals surface area contributed by atoms with E-state index in [4.69, 9.17) is 0 Å². The van der Waals surface area contributed by atoms with Gasteiger partial charge < -0.3 is 4.90 Å². The van der Waals surface area contributed by atoms with Crippen molar-refractivity contribution in [1.82, 2.24) is 0 Å². The van der Waals surface area contributed by atoms with Crippen LogP contribution in [0.25, 0.3) is 0 Å². The summed E-state index contributed by atoms with van der Waals surface area (Å²) in [5.74, 6) is 1.92. The van der Waals surface area contributed by atoms with Gasteiger partial charge in [-0.05, 0) is 49.3 Å². The van der Waals surface area contributed by atoms with E-state index in [1.165, 1.54) is 24.1 Å². The number of nitrogens with zero attached hydrogens (tertiary/aromatic N) is 1. The maximum absolute atomic E-state index is 2.35. The molecular formula is C14H21N. The van der Waals surface area contributed by atoms with Crippen LogP contribution in [0.4, 0.5) is 5.69 Å². The van der Waals surface area contributed by atoms with E-state index in [0.717, 1.165) is 18.4 Å². The molecule has 0 bridgehead atoms. The molecule has 15 heavy (non-hydrogen) atoms. The summed E-state index contributed by atoms with van der Waals surface area (Å²) in [5.41, 5.74) is 2.82. The van der Waals surface area contributed by atoms with Crippen molar-refractivity contribution < 1.29 is 0 Å². The van der Waals surface area contributed by atoms with Crippen LogP contribution in [-0.2, 0) is 6.42 Å². The quantitative estimate of drug-likeness (QED) is 0.725. The van der Waals surface area contributed by atoms with Crippen molar-refractivity contribution in [1.29, 1.82) is 0 Å². The summed E-state index contributed by atoms with van der Waals surface area (Å²) < 4.78 is 0. The summed E-state index contributed by atoms with van der Waals surface area (Å²) in [5, 5.41) is 0. The number of rotatable bonds is 4. The summed E-state index contributed by atoms with van der Waals surface area (Å²) in [6.07, 6.45) is 2.70. The molecule has 1 aromatic rings. The van der Waals surface area contributed by atoms with Gasteiger partial charge in [0.2, 0.25) is 0 Å². The van der Waals surface area contributed by atoms with E-state index < -0.39 is 0 Å². The molecule has 0 heterocycles. The predicted octanol–water partition coefficient (Wildman–Crippen LogP) is 3.34. The van der Waals surface area contributed by atoms with Gasteiger partial charge in [0.15, 0.2) is 0 Å². The molecule has 1 heteroatoms. The van der Waals surface area contributed by atoms with Gasteiger partial charge in [0.1, 0.15) is 0 Å². The lowest BCUT2D eigenvalue weighted by Gasteiger charge is -2.16. The van der Waals surface area contributed by atoms with E-state index in [1.54, 1.807) is 0 Å². The first-order valence-electron chi connectivity index (χ1n) is 6.00. The zero-order chi connectivity index (χ0) is 10.8. The van der Waals surface area contributed by atoms with Crippen molar-refractivity contribution in [3.63, 3.8) is 0 Å². The first-order chi connectivity index (χ1) is 7.20. The second kappa shape index (κ2) is 4.26. The van der Waals surface area contributed by atoms with Gasteiger partial charge >= 0.3 is 0 Å². The van der Waals surface area contributed by atoms with Crippen molar-refractivity contribution >= 4 is 5.69 Å². The Hall–Kier alpha value is -0.980. The molecule has 0 amide bonds. The summed E-state index contributed by atoms with van der Waals surface area (Å²) in [4.78, 5) is 2.27. The first-order valence-corrected chi connectivity index (χ1v) is 6.00. The Balaban J connectivity index is 1.97. The van der Waals surface area contributed by atoms with Crippen molar-refractivity contribution in [2.24, 2.45) is 11.8 Å². The number of benzene rings is 1. The van der Waals surface area contributed by atoms with Crippen molar-refractivity contribution in [3.8, 4) is 0 Å². The Labute approximate surface area is 93.1 Å². The Morgan fingerprint density at radius 3 is 2.33 bits per heavy atom.